The Morgan fingerprint density at radius 2 is 2.10 bits per heavy atom. The molecule has 6 heteroatoms. The molecule has 5 nitrogen and oxygen atoms in total. The van der Waals surface area contributed by atoms with E-state index < -0.39 is 0 Å². The van der Waals surface area contributed by atoms with Crippen molar-refractivity contribution in [3.05, 3.63) is 22.8 Å². The predicted octanol–water partition coefficient (Wildman–Crippen LogP) is 1.49. The molecular weight excluding hydrogens is 332 g/mol. The number of piperidine rings is 1. The number of carbonyl (C=O) groups excluding carboxylic acids is 1. The molecule has 114 valence electrons. The molecule has 0 unspecified atom stereocenters. The molecule has 1 aromatic heterocycles. The maximum Gasteiger partial charge on any atom is 0.227 e. The van der Waals surface area contributed by atoms with Gasteiger partial charge in [0, 0.05) is 43.4 Å². The number of carbonyl (C=O) groups is 1. The Hall–Kier alpha value is -1.14. The van der Waals surface area contributed by atoms with Gasteiger partial charge >= 0.3 is 0 Å². The van der Waals surface area contributed by atoms with E-state index >= 15 is 0 Å². The summed E-state index contributed by atoms with van der Waals surface area (Å²) in [6, 6.07) is 4.03. The molecule has 0 radical (unpaired) electrons. The highest BCUT2D eigenvalue weighted by molar-refractivity contribution is 9.10. The molecule has 2 fully saturated rings. The molecule has 3 rings (SSSR count). The SMILES string of the molecule is O=C([C@H]1CCCNC1)N1CCN(c2ccc(Br)cn2)CC1. The lowest BCUT2D eigenvalue weighted by Crippen LogP contribution is -2.52. The number of hydrogen-bond donors (Lipinski definition) is 1. The number of nitrogens with zero attached hydrogens (tertiary/aromatic N) is 3. The fourth-order valence-electron chi connectivity index (χ4n) is 3.03. The molecule has 2 aliphatic heterocycles. The lowest BCUT2D eigenvalue weighted by molar-refractivity contribution is -0.136. The van der Waals surface area contributed by atoms with E-state index in [2.05, 4.69) is 31.1 Å². The van der Waals surface area contributed by atoms with Gasteiger partial charge < -0.3 is 15.1 Å². The average Bonchev–Trinajstić information content (AvgIpc) is 2.56. The molecule has 0 spiro atoms. The van der Waals surface area contributed by atoms with Gasteiger partial charge in [0.05, 0.1) is 5.92 Å². The molecule has 0 saturated carbocycles. The van der Waals surface area contributed by atoms with Crippen LogP contribution in [0, 0.1) is 5.92 Å². The number of rotatable bonds is 2. The Morgan fingerprint density at radius 1 is 1.29 bits per heavy atom. The van der Waals surface area contributed by atoms with Crippen molar-refractivity contribution in [1.29, 1.82) is 0 Å². The summed E-state index contributed by atoms with van der Waals surface area (Å²) in [7, 11) is 0. The smallest absolute Gasteiger partial charge is 0.227 e. The minimum atomic E-state index is 0.177. The van der Waals surface area contributed by atoms with Crippen molar-refractivity contribution in [3.8, 4) is 0 Å². The van der Waals surface area contributed by atoms with Crippen LogP contribution in [0.15, 0.2) is 22.8 Å². The predicted molar refractivity (Wildman–Crippen MR) is 86.3 cm³/mol. The van der Waals surface area contributed by atoms with Crippen molar-refractivity contribution >= 4 is 27.7 Å². The second kappa shape index (κ2) is 6.75. The second-order valence-corrected chi connectivity index (χ2v) is 6.61. The number of amides is 1. The van der Waals surface area contributed by atoms with Crippen LogP contribution in [0.2, 0.25) is 0 Å². The van der Waals surface area contributed by atoms with Crippen LogP contribution in [0.4, 0.5) is 5.82 Å². The first kappa shape index (κ1) is 14.8. The van der Waals surface area contributed by atoms with Crippen LogP contribution in [0.25, 0.3) is 0 Å². The molecule has 0 bridgehead atoms. The Bertz CT molecular complexity index is 479. The number of nitrogens with one attached hydrogen (secondary N) is 1. The standard InChI is InChI=1S/C15H21BrN4O/c16-13-3-4-14(18-11-13)19-6-8-20(9-7-19)15(21)12-2-1-5-17-10-12/h3-4,11-12,17H,1-2,5-10H2/t12-/m0/s1. The summed E-state index contributed by atoms with van der Waals surface area (Å²) >= 11 is 3.40. The highest BCUT2D eigenvalue weighted by Crippen LogP contribution is 2.19. The van der Waals surface area contributed by atoms with Gasteiger partial charge in [-0.25, -0.2) is 4.98 Å². The molecule has 1 aromatic rings. The molecule has 2 saturated heterocycles. The van der Waals surface area contributed by atoms with Crippen LogP contribution in [0.1, 0.15) is 12.8 Å². The van der Waals surface area contributed by atoms with E-state index in [1.807, 2.05) is 23.2 Å². The summed E-state index contributed by atoms with van der Waals surface area (Å²) in [6.07, 6.45) is 3.96. The highest BCUT2D eigenvalue weighted by Gasteiger charge is 2.28. The molecule has 1 atom stereocenters. The van der Waals surface area contributed by atoms with Crippen molar-refractivity contribution in [2.24, 2.45) is 5.92 Å². The third-order valence-corrected chi connectivity index (χ3v) is 4.74. The monoisotopic (exact) mass is 352 g/mol. The Labute approximate surface area is 133 Å². The summed E-state index contributed by atoms with van der Waals surface area (Å²) in [5, 5.41) is 3.32. The number of hydrogen-bond acceptors (Lipinski definition) is 4. The maximum atomic E-state index is 12.5. The zero-order chi connectivity index (χ0) is 14.7. The van der Waals surface area contributed by atoms with Gasteiger partial charge in [0.15, 0.2) is 0 Å². The van der Waals surface area contributed by atoms with Gasteiger partial charge in [0.25, 0.3) is 0 Å². The van der Waals surface area contributed by atoms with E-state index in [-0.39, 0.29) is 5.92 Å². The molecule has 1 N–H and O–H groups in total. The Balaban J connectivity index is 1.54. The van der Waals surface area contributed by atoms with E-state index in [0.717, 1.165) is 62.4 Å². The molecule has 1 amide bonds. The summed E-state index contributed by atoms with van der Waals surface area (Å²) < 4.78 is 0.991. The summed E-state index contributed by atoms with van der Waals surface area (Å²) in [5.74, 6) is 1.49. The van der Waals surface area contributed by atoms with E-state index in [1.54, 1.807) is 0 Å². The second-order valence-electron chi connectivity index (χ2n) is 5.69. The van der Waals surface area contributed by atoms with Gasteiger partial charge in [-0.2, -0.15) is 0 Å². The average molecular weight is 353 g/mol. The minimum absolute atomic E-state index is 0.177. The van der Waals surface area contributed by atoms with Crippen LogP contribution in [0.3, 0.4) is 0 Å². The van der Waals surface area contributed by atoms with Crippen molar-refractivity contribution in [2.45, 2.75) is 12.8 Å². The number of aromatic nitrogens is 1. The molecule has 2 aliphatic rings. The van der Waals surface area contributed by atoms with E-state index in [1.165, 1.54) is 0 Å². The van der Waals surface area contributed by atoms with Crippen molar-refractivity contribution in [3.63, 3.8) is 0 Å². The summed E-state index contributed by atoms with van der Waals surface area (Å²) in [4.78, 5) is 21.2. The van der Waals surface area contributed by atoms with Crippen molar-refractivity contribution in [1.82, 2.24) is 15.2 Å². The van der Waals surface area contributed by atoms with E-state index in [4.69, 9.17) is 0 Å². The zero-order valence-corrected chi connectivity index (χ0v) is 13.7. The first-order valence-electron chi connectivity index (χ1n) is 7.60. The van der Waals surface area contributed by atoms with Crippen LogP contribution in [-0.2, 0) is 4.79 Å². The summed E-state index contributed by atoms with van der Waals surface area (Å²) in [5.41, 5.74) is 0. The molecule has 3 heterocycles. The van der Waals surface area contributed by atoms with Gasteiger partial charge in [-0.1, -0.05) is 0 Å². The number of piperazine rings is 1. The van der Waals surface area contributed by atoms with Gasteiger partial charge in [-0.15, -0.1) is 0 Å². The van der Waals surface area contributed by atoms with E-state index in [0.29, 0.717) is 5.91 Å². The van der Waals surface area contributed by atoms with Gasteiger partial charge in [-0.05, 0) is 47.4 Å². The fourth-order valence-corrected chi connectivity index (χ4v) is 3.27. The first-order valence-corrected chi connectivity index (χ1v) is 8.39. The number of halogens is 1. The Kier molecular flexibility index (Phi) is 4.75. The third-order valence-electron chi connectivity index (χ3n) is 4.27. The van der Waals surface area contributed by atoms with Gasteiger partial charge in [0.1, 0.15) is 5.82 Å². The minimum Gasteiger partial charge on any atom is -0.353 e. The fraction of sp³-hybridized carbons (Fsp3) is 0.600. The lowest BCUT2D eigenvalue weighted by Gasteiger charge is -2.37. The highest BCUT2D eigenvalue weighted by atomic mass is 79.9. The number of anilines is 1. The largest absolute Gasteiger partial charge is 0.353 e. The van der Waals surface area contributed by atoms with Gasteiger partial charge in [-0.3, -0.25) is 4.79 Å². The molecule has 21 heavy (non-hydrogen) atoms. The van der Waals surface area contributed by atoms with E-state index in [9.17, 15) is 4.79 Å². The lowest BCUT2D eigenvalue weighted by atomic mass is 9.98. The maximum absolute atomic E-state index is 12.5. The van der Waals surface area contributed by atoms with Crippen LogP contribution in [0.5, 0.6) is 0 Å². The first-order chi connectivity index (χ1) is 10.2. The van der Waals surface area contributed by atoms with Crippen molar-refractivity contribution < 1.29 is 4.79 Å². The third kappa shape index (κ3) is 3.55. The summed E-state index contributed by atoms with van der Waals surface area (Å²) in [6.45, 7) is 5.21. The molecule has 0 aromatic carbocycles. The van der Waals surface area contributed by atoms with Crippen LogP contribution >= 0.6 is 15.9 Å². The topological polar surface area (TPSA) is 48.5 Å². The zero-order valence-electron chi connectivity index (χ0n) is 12.1. The Morgan fingerprint density at radius 3 is 2.71 bits per heavy atom. The van der Waals surface area contributed by atoms with Gasteiger partial charge in [0.2, 0.25) is 5.91 Å². The normalized spacial score (nSPS) is 23.2. The molecular formula is C15H21BrN4O. The molecule has 0 aliphatic carbocycles. The van der Waals surface area contributed by atoms with Crippen molar-refractivity contribution in [2.75, 3.05) is 44.2 Å². The quantitative estimate of drug-likeness (QED) is 0.875. The number of pyridine rings is 1. The van der Waals surface area contributed by atoms with Crippen LogP contribution < -0.4 is 10.2 Å². The van der Waals surface area contributed by atoms with Crippen LogP contribution in [-0.4, -0.2) is 55.1 Å².